The summed E-state index contributed by atoms with van der Waals surface area (Å²) in [5.41, 5.74) is 0. The van der Waals surface area contributed by atoms with Crippen molar-refractivity contribution in [3.8, 4) is 0 Å². The van der Waals surface area contributed by atoms with E-state index in [1.54, 1.807) is 0 Å². The van der Waals surface area contributed by atoms with Crippen LogP contribution in [0.1, 0.15) is 72.1 Å². The van der Waals surface area contributed by atoms with Crippen LogP contribution in [0, 0.1) is 5.92 Å². The molecule has 0 aliphatic rings. The Morgan fingerprint density at radius 2 is 1.31 bits per heavy atom. The van der Waals surface area contributed by atoms with Crippen LogP contribution in [0.5, 0.6) is 0 Å². The fraction of sp³-hybridized carbons (Fsp3) is 1.00. The molecule has 0 bridgehead atoms. The van der Waals surface area contributed by atoms with E-state index in [1.165, 1.54) is 51.4 Å². The third kappa shape index (κ3) is 10.7. The van der Waals surface area contributed by atoms with Crippen LogP contribution in [0.25, 0.3) is 0 Å². The summed E-state index contributed by atoms with van der Waals surface area (Å²) in [6, 6.07) is 0. The molecule has 1 atom stereocenters. The van der Waals surface area contributed by atoms with Crippen molar-refractivity contribution < 1.29 is 0 Å². The van der Waals surface area contributed by atoms with E-state index in [-0.39, 0.29) is 23.9 Å². The molecule has 0 fully saturated rings. The van der Waals surface area contributed by atoms with Crippen molar-refractivity contribution in [3.05, 3.63) is 0 Å². The molecule has 0 heterocycles. The molecule has 0 aliphatic heterocycles. The van der Waals surface area contributed by atoms with Crippen molar-refractivity contribution in [2.45, 2.75) is 72.1 Å². The van der Waals surface area contributed by atoms with Crippen molar-refractivity contribution in [1.82, 2.24) is 0 Å². The van der Waals surface area contributed by atoms with Gasteiger partial charge in [0.15, 0.2) is 0 Å². The minimum absolute atomic E-state index is 0. The molecule has 2 radical (unpaired) electrons. The molecule has 0 N–H and O–H groups in total. The van der Waals surface area contributed by atoms with Crippen molar-refractivity contribution >= 4 is 23.9 Å². The second-order valence-electron chi connectivity index (χ2n) is 3.91. The topological polar surface area (TPSA) is 0 Å². The zero-order chi connectivity index (χ0) is 9.23. The molecule has 0 amide bonds. The first-order valence-corrected chi connectivity index (χ1v) is 5.85. The molecule has 0 nitrogen and oxygen atoms in total. The van der Waals surface area contributed by atoms with Gasteiger partial charge in [-0.15, -0.1) is 0 Å². The van der Waals surface area contributed by atoms with Gasteiger partial charge < -0.3 is 0 Å². The molecule has 0 aromatic heterocycles. The molecule has 0 aliphatic carbocycles. The molecule has 80 valence electrons. The first-order valence-electron chi connectivity index (χ1n) is 5.85. The van der Waals surface area contributed by atoms with E-state index < -0.39 is 0 Å². The van der Waals surface area contributed by atoms with Crippen molar-refractivity contribution in [3.63, 3.8) is 0 Å². The van der Waals surface area contributed by atoms with Crippen LogP contribution in [-0.4, -0.2) is 23.9 Å². The van der Waals surface area contributed by atoms with E-state index in [0.29, 0.717) is 0 Å². The standard InChI is InChI=1S/C12H26.Sn.2H/c1-4-7-9-11-12(6-3)10-8-5-2;;;/h12H,4-11H2,1-3H3;;;. The number of hydrogen-bond acceptors (Lipinski definition) is 0. The molecule has 13 heavy (non-hydrogen) atoms. The summed E-state index contributed by atoms with van der Waals surface area (Å²) in [5, 5.41) is 0. The Morgan fingerprint density at radius 1 is 0.769 bits per heavy atom. The van der Waals surface area contributed by atoms with E-state index in [2.05, 4.69) is 20.8 Å². The van der Waals surface area contributed by atoms with Crippen LogP contribution >= 0.6 is 0 Å². The minimum atomic E-state index is 0. The SMILES string of the molecule is CCCCCC(CC)CCCC.[SnH2]. The molecule has 0 spiro atoms. The third-order valence-corrected chi connectivity index (χ3v) is 2.76. The Bertz CT molecular complexity index is 81.2. The average Bonchev–Trinajstić information content (AvgIpc) is 2.11. The summed E-state index contributed by atoms with van der Waals surface area (Å²) in [7, 11) is 0. The van der Waals surface area contributed by atoms with Gasteiger partial charge in [0.05, 0.1) is 0 Å². The molecule has 0 aromatic carbocycles. The van der Waals surface area contributed by atoms with E-state index in [0.717, 1.165) is 5.92 Å². The van der Waals surface area contributed by atoms with E-state index in [4.69, 9.17) is 0 Å². The van der Waals surface area contributed by atoms with Crippen molar-refractivity contribution in [2.24, 2.45) is 5.92 Å². The van der Waals surface area contributed by atoms with Gasteiger partial charge in [0.25, 0.3) is 0 Å². The van der Waals surface area contributed by atoms with Crippen LogP contribution in [0.3, 0.4) is 0 Å². The second-order valence-corrected chi connectivity index (χ2v) is 3.91. The van der Waals surface area contributed by atoms with Crippen LogP contribution in [0.15, 0.2) is 0 Å². The summed E-state index contributed by atoms with van der Waals surface area (Å²) >= 11 is 0. The molecule has 0 saturated heterocycles. The first-order chi connectivity index (χ1) is 5.85. The van der Waals surface area contributed by atoms with Gasteiger partial charge in [-0.2, -0.15) is 0 Å². The van der Waals surface area contributed by atoms with Gasteiger partial charge in [0.2, 0.25) is 0 Å². The normalized spacial score (nSPS) is 12.2. The van der Waals surface area contributed by atoms with Crippen LogP contribution in [-0.2, 0) is 0 Å². The Hall–Kier alpha value is 0.799. The molecule has 1 unspecified atom stereocenters. The molecule has 0 aromatic rings. The average molecular weight is 291 g/mol. The van der Waals surface area contributed by atoms with Gasteiger partial charge in [-0.05, 0) is 5.92 Å². The number of hydrogen-bond donors (Lipinski definition) is 0. The fourth-order valence-electron chi connectivity index (χ4n) is 1.73. The summed E-state index contributed by atoms with van der Waals surface area (Å²) in [4.78, 5) is 0. The van der Waals surface area contributed by atoms with Crippen molar-refractivity contribution in [2.75, 3.05) is 0 Å². The first kappa shape index (κ1) is 16.2. The Labute approximate surface area is 102 Å². The summed E-state index contributed by atoms with van der Waals surface area (Å²) in [5.74, 6) is 1.02. The number of rotatable bonds is 8. The molecule has 1 heteroatoms. The van der Waals surface area contributed by atoms with Gasteiger partial charge >= 0.3 is 23.9 Å². The van der Waals surface area contributed by atoms with Crippen LogP contribution in [0.2, 0.25) is 0 Å². The molecular formula is C12H28Sn. The van der Waals surface area contributed by atoms with Crippen LogP contribution in [0.4, 0.5) is 0 Å². The maximum atomic E-state index is 2.34. The second kappa shape index (κ2) is 12.8. The van der Waals surface area contributed by atoms with E-state index in [9.17, 15) is 0 Å². The Kier molecular flexibility index (Phi) is 16.0. The predicted octanol–water partition coefficient (Wildman–Crippen LogP) is 3.87. The summed E-state index contributed by atoms with van der Waals surface area (Å²) in [6.45, 7) is 6.91. The summed E-state index contributed by atoms with van der Waals surface area (Å²) < 4.78 is 0. The van der Waals surface area contributed by atoms with E-state index in [1.807, 2.05) is 0 Å². The van der Waals surface area contributed by atoms with Gasteiger partial charge in [0, 0.05) is 0 Å². The van der Waals surface area contributed by atoms with Gasteiger partial charge in [-0.3, -0.25) is 0 Å². The Balaban J connectivity index is 0. The van der Waals surface area contributed by atoms with Gasteiger partial charge in [-0.1, -0.05) is 72.1 Å². The molecular weight excluding hydrogens is 263 g/mol. The molecule has 0 saturated carbocycles. The predicted molar refractivity (Wildman–Crippen MR) is 66.0 cm³/mol. The third-order valence-electron chi connectivity index (χ3n) is 2.76. The number of unbranched alkanes of at least 4 members (excludes halogenated alkanes) is 3. The van der Waals surface area contributed by atoms with Crippen molar-refractivity contribution in [1.29, 1.82) is 0 Å². The van der Waals surface area contributed by atoms with Crippen LogP contribution < -0.4 is 0 Å². The fourth-order valence-corrected chi connectivity index (χ4v) is 1.73. The monoisotopic (exact) mass is 292 g/mol. The van der Waals surface area contributed by atoms with Gasteiger partial charge in [-0.25, -0.2) is 0 Å². The summed E-state index contributed by atoms with van der Waals surface area (Å²) in [6.07, 6.45) is 11.4. The maximum absolute atomic E-state index is 2.34. The van der Waals surface area contributed by atoms with E-state index >= 15 is 0 Å². The zero-order valence-electron chi connectivity index (χ0n) is 9.94. The zero-order valence-corrected chi connectivity index (χ0v) is 14.0. The van der Waals surface area contributed by atoms with Gasteiger partial charge in [0.1, 0.15) is 0 Å². The molecule has 0 rings (SSSR count). The Morgan fingerprint density at radius 3 is 1.77 bits per heavy atom. The quantitative estimate of drug-likeness (QED) is 0.470.